The molecule has 0 spiro atoms. The fraction of sp³-hybridized carbons (Fsp3) is 0.579. The minimum atomic E-state index is -2.60. The van der Waals surface area contributed by atoms with Gasteiger partial charge in [0.25, 0.3) is 5.91 Å². The molecule has 1 saturated heterocycles. The van der Waals surface area contributed by atoms with E-state index in [0.29, 0.717) is 30.8 Å². The van der Waals surface area contributed by atoms with Crippen molar-refractivity contribution in [2.75, 3.05) is 6.54 Å². The molecular weight excluding hydrogens is 386 g/mol. The van der Waals surface area contributed by atoms with Gasteiger partial charge in [-0.2, -0.15) is 0 Å². The van der Waals surface area contributed by atoms with Crippen molar-refractivity contribution in [3.63, 3.8) is 0 Å². The highest BCUT2D eigenvalue weighted by molar-refractivity contribution is 5.97. The summed E-state index contributed by atoms with van der Waals surface area (Å²) >= 11 is 0. The molecule has 2 aromatic rings. The van der Waals surface area contributed by atoms with Crippen LogP contribution in [0, 0.1) is 12.8 Å². The maximum absolute atomic E-state index is 13.0. The number of hydrogen-bond acceptors (Lipinski definition) is 5. The van der Waals surface area contributed by atoms with Gasteiger partial charge in [-0.15, -0.1) is 5.10 Å². The number of aliphatic carboxylic acids is 1. The molecule has 10 heteroatoms. The molecule has 1 unspecified atom stereocenters. The Kier molecular flexibility index (Phi) is 4.66. The number of carbonyl (C=O) groups is 2. The van der Waals surface area contributed by atoms with Crippen LogP contribution in [0.15, 0.2) is 22.9 Å². The predicted octanol–water partition coefficient (Wildman–Crippen LogP) is 2.53. The molecule has 2 aromatic heterocycles. The van der Waals surface area contributed by atoms with Gasteiger partial charge in [0.2, 0.25) is 5.92 Å². The highest BCUT2D eigenvalue weighted by atomic mass is 19.3. The van der Waals surface area contributed by atoms with Crippen molar-refractivity contribution in [1.82, 2.24) is 19.9 Å². The van der Waals surface area contributed by atoms with Crippen LogP contribution in [0.1, 0.15) is 47.5 Å². The van der Waals surface area contributed by atoms with Crippen LogP contribution in [-0.2, 0) is 17.8 Å². The highest BCUT2D eigenvalue weighted by Gasteiger charge is 2.51. The number of amides is 1. The lowest BCUT2D eigenvalue weighted by molar-refractivity contribution is -0.148. The second kappa shape index (κ2) is 6.93. The van der Waals surface area contributed by atoms with Gasteiger partial charge in [0.15, 0.2) is 5.76 Å². The number of likely N-dealkylation sites (tertiary alicyclic amines) is 1. The predicted molar refractivity (Wildman–Crippen MR) is 95.5 cm³/mol. The third kappa shape index (κ3) is 3.51. The summed E-state index contributed by atoms with van der Waals surface area (Å²) in [7, 11) is 0. The zero-order chi connectivity index (χ0) is 20.8. The van der Waals surface area contributed by atoms with E-state index in [1.54, 1.807) is 19.2 Å². The van der Waals surface area contributed by atoms with Gasteiger partial charge in [0.05, 0.1) is 12.0 Å². The fourth-order valence-electron chi connectivity index (χ4n) is 4.36. The molecule has 2 fully saturated rings. The van der Waals surface area contributed by atoms with Crippen LogP contribution in [0.4, 0.5) is 8.78 Å². The van der Waals surface area contributed by atoms with E-state index in [4.69, 9.17) is 4.42 Å². The number of carboxylic acids is 1. The summed E-state index contributed by atoms with van der Waals surface area (Å²) in [6.07, 6.45) is 3.46. The largest absolute Gasteiger partial charge is 0.479 e. The molecule has 1 N–H and O–H groups in total. The van der Waals surface area contributed by atoms with E-state index in [0.717, 1.165) is 0 Å². The second-order valence-electron chi connectivity index (χ2n) is 8.07. The maximum Gasteiger partial charge on any atom is 0.330 e. The molecule has 4 rings (SSSR count). The Labute approximate surface area is 165 Å². The molecule has 0 aromatic carbocycles. The van der Waals surface area contributed by atoms with Crippen molar-refractivity contribution in [3.8, 4) is 0 Å². The molecule has 1 aliphatic heterocycles. The fourth-order valence-corrected chi connectivity index (χ4v) is 4.36. The van der Waals surface area contributed by atoms with Gasteiger partial charge >= 0.3 is 5.97 Å². The standard InChI is InChI=1S/C19H22F2N4O4/c1-12-3-6-29-15(12)16(26)25-5-2-4-18(25,17(27)28)9-14-11-24(23-22-14)10-13-7-19(20,21)8-13/h3,6,11,13H,2,4-5,7-10H2,1H3,(H,27,28). The lowest BCUT2D eigenvalue weighted by Crippen LogP contribution is -2.54. The minimum absolute atomic E-state index is 0.00530. The normalized spacial score (nSPS) is 23.9. The number of carboxylic acid groups (broad SMARTS) is 1. The summed E-state index contributed by atoms with van der Waals surface area (Å²) in [6, 6.07) is 1.65. The zero-order valence-electron chi connectivity index (χ0n) is 16.0. The summed E-state index contributed by atoms with van der Waals surface area (Å²) in [4.78, 5) is 26.5. The Morgan fingerprint density at radius 2 is 2.14 bits per heavy atom. The van der Waals surface area contributed by atoms with Crippen LogP contribution in [-0.4, -0.2) is 54.9 Å². The van der Waals surface area contributed by atoms with E-state index >= 15 is 0 Å². The molecule has 29 heavy (non-hydrogen) atoms. The number of halogens is 2. The monoisotopic (exact) mass is 408 g/mol. The van der Waals surface area contributed by atoms with Crippen LogP contribution in [0.25, 0.3) is 0 Å². The van der Waals surface area contributed by atoms with Gasteiger partial charge in [-0.25, -0.2) is 13.6 Å². The Balaban J connectivity index is 1.52. The molecule has 156 valence electrons. The Bertz CT molecular complexity index is 932. The SMILES string of the molecule is Cc1ccoc1C(=O)N1CCCC1(Cc1cn(CC2CC(F)(F)C2)nn1)C(=O)O. The summed E-state index contributed by atoms with van der Waals surface area (Å²) in [5, 5.41) is 18.0. The van der Waals surface area contributed by atoms with Crippen molar-refractivity contribution < 1.29 is 27.9 Å². The summed E-state index contributed by atoms with van der Waals surface area (Å²) in [6.45, 7) is 2.35. The van der Waals surface area contributed by atoms with Gasteiger partial charge in [0.1, 0.15) is 5.54 Å². The first kappa shape index (κ1) is 19.5. The van der Waals surface area contributed by atoms with E-state index in [9.17, 15) is 23.5 Å². The Morgan fingerprint density at radius 3 is 2.76 bits per heavy atom. The van der Waals surface area contributed by atoms with Crippen molar-refractivity contribution in [1.29, 1.82) is 0 Å². The molecule has 8 nitrogen and oxygen atoms in total. The average molecular weight is 408 g/mol. The molecular formula is C19H22F2N4O4. The number of hydrogen-bond donors (Lipinski definition) is 1. The minimum Gasteiger partial charge on any atom is -0.479 e. The highest BCUT2D eigenvalue weighted by Crippen LogP contribution is 2.43. The number of alkyl halides is 2. The van der Waals surface area contributed by atoms with Crippen LogP contribution in [0.3, 0.4) is 0 Å². The van der Waals surface area contributed by atoms with Crippen molar-refractivity contribution in [2.24, 2.45) is 5.92 Å². The summed E-state index contributed by atoms with van der Waals surface area (Å²) in [5.74, 6) is -4.21. The number of rotatable bonds is 6. The molecule has 0 bridgehead atoms. The maximum atomic E-state index is 13.0. The number of aromatic nitrogens is 3. The topological polar surface area (TPSA) is 101 Å². The molecule has 3 heterocycles. The first-order chi connectivity index (χ1) is 13.7. The van der Waals surface area contributed by atoms with Crippen LogP contribution >= 0.6 is 0 Å². The van der Waals surface area contributed by atoms with Gasteiger partial charge < -0.3 is 14.4 Å². The van der Waals surface area contributed by atoms with Gasteiger partial charge in [-0.3, -0.25) is 9.48 Å². The summed E-state index contributed by atoms with van der Waals surface area (Å²) < 4.78 is 32.8. The molecule has 1 saturated carbocycles. The van der Waals surface area contributed by atoms with E-state index < -0.39 is 23.3 Å². The second-order valence-corrected chi connectivity index (χ2v) is 8.07. The van der Waals surface area contributed by atoms with E-state index in [2.05, 4.69) is 10.3 Å². The van der Waals surface area contributed by atoms with Crippen molar-refractivity contribution in [3.05, 3.63) is 35.5 Å². The number of furan rings is 1. The lowest BCUT2D eigenvalue weighted by Gasteiger charge is -2.34. The number of aryl methyl sites for hydroxylation is 1. The van der Waals surface area contributed by atoms with Gasteiger partial charge in [-0.1, -0.05) is 5.21 Å². The smallest absolute Gasteiger partial charge is 0.330 e. The zero-order valence-corrected chi connectivity index (χ0v) is 16.0. The lowest BCUT2D eigenvalue weighted by atomic mass is 9.81. The first-order valence-corrected chi connectivity index (χ1v) is 9.56. The quantitative estimate of drug-likeness (QED) is 0.788. The Morgan fingerprint density at radius 1 is 1.38 bits per heavy atom. The van der Waals surface area contributed by atoms with Crippen molar-refractivity contribution in [2.45, 2.75) is 57.0 Å². The first-order valence-electron chi connectivity index (χ1n) is 9.56. The molecule has 1 atom stereocenters. The van der Waals surface area contributed by atoms with Gasteiger partial charge in [0, 0.05) is 44.1 Å². The van der Waals surface area contributed by atoms with Crippen LogP contribution < -0.4 is 0 Å². The van der Waals surface area contributed by atoms with Gasteiger partial charge in [-0.05, 0) is 31.7 Å². The van der Waals surface area contributed by atoms with E-state index in [1.165, 1.54) is 15.8 Å². The number of carbonyl (C=O) groups excluding carboxylic acids is 1. The Hall–Kier alpha value is -2.78. The third-order valence-corrected chi connectivity index (χ3v) is 5.87. The molecule has 1 aliphatic carbocycles. The van der Waals surface area contributed by atoms with Crippen LogP contribution in [0.2, 0.25) is 0 Å². The van der Waals surface area contributed by atoms with E-state index in [-0.39, 0.29) is 37.4 Å². The molecule has 2 aliphatic rings. The van der Waals surface area contributed by atoms with Crippen LogP contribution in [0.5, 0.6) is 0 Å². The average Bonchev–Trinajstić information content (AvgIpc) is 3.34. The summed E-state index contributed by atoms with van der Waals surface area (Å²) in [5.41, 5.74) is -0.389. The molecule has 1 amide bonds. The third-order valence-electron chi connectivity index (χ3n) is 5.87. The van der Waals surface area contributed by atoms with E-state index in [1.807, 2.05) is 0 Å². The number of nitrogens with zero attached hydrogens (tertiary/aromatic N) is 4. The molecule has 0 radical (unpaired) electrons. The van der Waals surface area contributed by atoms with Crippen molar-refractivity contribution >= 4 is 11.9 Å².